The smallest absolute Gasteiger partial charge is 0.233 e. The highest BCUT2D eigenvalue weighted by atomic mass is 19.1. The van der Waals surface area contributed by atoms with Gasteiger partial charge in [-0.25, -0.2) is 8.78 Å². The van der Waals surface area contributed by atoms with Crippen molar-refractivity contribution in [2.24, 2.45) is 0 Å². The first kappa shape index (κ1) is 14.4. The summed E-state index contributed by atoms with van der Waals surface area (Å²) >= 11 is 0. The number of aromatic hydroxyl groups is 1. The number of benzene rings is 1. The highest BCUT2D eigenvalue weighted by Gasteiger charge is 2.13. The number of carbonyl (C=O) groups excluding carboxylic acids is 1. The van der Waals surface area contributed by atoms with E-state index in [-0.39, 0.29) is 19.0 Å². The van der Waals surface area contributed by atoms with Crippen molar-refractivity contribution in [1.82, 2.24) is 10.2 Å². The number of amides is 1. The number of hydrogen-bond donors (Lipinski definition) is 2. The van der Waals surface area contributed by atoms with Gasteiger partial charge in [0.1, 0.15) is 0 Å². The molecule has 4 nitrogen and oxygen atoms in total. The number of nitrogens with zero attached hydrogens (tertiary/aromatic N) is 1. The van der Waals surface area contributed by atoms with Gasteiger partial charge in [0.25, 0.3) is 0 Å². The summed E-state index contributed by atoms with van der Waals surface area (Å²) in [6.45, 7) is 2.79. The zero-order valence-corrected chi connectivity index (χ0v) is 10.3. The SMILES string of the molecule is CCN(CC(=O)NC)Cc1cc(F)c(O)c(F)c1. The fourth-order valence-electron chi connectivity index (χ4n) is 1.53. The predicted molar refractivity (Wildman–Crippen MR) is 63.0 cm³/mol. The first-order chi connectivity index (χ1) is 8.47. The second-order valence-electron chi connectivity index (χ2n) is 3.88. The largest absolute Gasteiger partial charge is 0.503 e. The summed E-state index contributed by atoms with van der Waals surface area (Å²) in [4.78, 5) is 12.9. The summed E-state index contributed by atoms with van der Waals surface area (Å²) in [6, 6.07) is 2.12. The Kier molecular flexibility index (Phi) is 5.03. The summed E-state index contributed by atoms with van der Waals surface area (Å²) in [5, 5.41) is 11.5. The summed E-state index contributed by atoms with van der Waals surface area (Å²) in [6.07, 6.45) is 0. The quantitative estimate of drug-likeness (QED) is 0.835. The van der Waals surface area contributed by atoms with Gasteiger partial charge in [0, 0.05) is 13.6 Å². The number of nitrogens with one attached hydrogen (secondary N) is 1. The number of hydrogen-bond acceptors (Lipinski definition) is 3. The molecule has 0 aliphatic carbocycles. The van der Waals surface area contributed by atoms with E-state index in [1.807, 2.05) is 6.92 Å². The molecule has 100 valence electrons. The van der Waals surface area contributed by atoms with E-state index >= 15 is 0 Å². The molecule has 18 heavy (non-hydrogen) atoms. The van der Waals surface area contributed by atoms with E-state index in [0.717, 1.165) is 12.1 Å². The first-order valence-electron chi connectivity index (χ1n) is 5.57. The van der Waals surface area contributed by atoms with Crippen molar-refractivity contribution >= 4 is 5.91 Å². The molecule has 0 unspecified atom stereocenters. The number of phenolic OH excluding ortho intramolecular Hbond substituents is 1. The van der Waals surface area contributed by atoms with Crippen LogP contribution in [0.25, 0.3) is 0 Å². The van der Waals surface area contributed by atoms with Gasteiger partial charge < -0.3 is 10.4 Å². The van der Waals surface area contributed by atoms with Gasteiger partial charge in [0.05, 0.1) is 6.54 Å². The fourth-order valence-corrected chi connectivity index (χ4v) is 1.53. The molecule has 0 aliphatic heterocycles. The van der Waals surface area contributed by atoms with E-state index < -0.39 is 17.4 Å². The number of carbonyl (C=O) groups is 1. The van der Waals surface area contributed by atoms with Crippen LogP contribution in [0.3, 0.4) is 0 Å². The Labute approximate surface area is 104 Å². The lowest BCUT2D eigenvalue weighted by Crippen LogP contribution is -2.35. The number of rotatable bonds is 5. The molecule has 0 fully saturated rings. The summed E-state index contributed by atoms with van der Waals surface area (Å²) in [5.41, 5.74) is 0.369. The molecule has 0 saturated heterocycles. The highest BCUT2D eigenvalue weighted by Crippen LogP contribution is 2.22. The molecule has 1 amide bonds. The van der Waals surface area contributed by atoms with Gasteiger partial charge in [-0.2, -0.15) is 0 Å². The second-order valence-corrected chi connectivity index (χ2v) is 3.88. The molecule has 1 aromatic rings. The number of halogens is 2. The molecule has 1 rings (SSSR count). The van der Waals surface area contributed by atoms with Crippen LogP contribution in [0.5, 0.6) is 5.75 Å². The van der Waals surface area contributed by atoms with E-state index in [1.165, 1.54) is 7.05 Å². The Hall–Kier alpha value is -1.69. The van der Waals surface area contributed by atoms with Gasteiger partial charge >= 0.3 is 0 Å². The van der Waals surface area contributed by atoms with Crippen molar-refractivity contribution in [3.8, 4) is 5.75 Å². The maximum atomic E-state index is 13.1. The average molecular weight is 258 g/mol. The van der Waals surface area contributed by atoms with Gasteiger partial charge in [0.15, 0.2) is 17.4 Å². The lowest BCUT2D eigenvalue weighted by Gasteiger charge is -2.19. The van der Waals surface area contributed by atoms with Crippen LogP contribution in [0.2, 0.25) is 0 Å². The van der Waals surface area contributed by atoms with Crippen molar-refractivity contribution in [3.63, 3.8) is 0 Å². The third-order valence-corrected chi connectivity index (χ3v) is 2.58. The molecule has 0 spiro atoms. The fraction of sp³-hybridized carbons (Fsp3) is 0.417. The maximum absolute atomic E-state index is 13.1. The molecule has 0 saturated carbocycles. The van der Waals surface area contributed by atoms with Crippen molar-refractivity contribution < 1.29 is 18.7 Å². The predicted octanol–water partition coefficient (Wildman–Crippen LogP) is 1.24. The molecule has 0 bridgehead atoms. The third kappa shape index (κ3) is 3.66. The average Bonchev–Trinajstić information content (AvgIpc) is 2.34. The lowest BCUT2D eigenvalue weighted by atomic mass is 10.2. The second kappa shape index (κ2) is 6.30. The highest BCUT2D eigenvalue weighted by molar-refractivity contribution is 5.77. The number of phenols is 1. The topological polar surface area (TPSA) is 52.6 Å². The normalized spacial score (nSPS) is 10.7. The minimum absolute atomic E-state index is 0.150. The first-order valence-corrected chi connectivity index (χ1v) is 5.57. The Morgan fingerprint density at radius 3 is 2.39 bits per heavy atom. The van der Waals surface area contributed by atoms with Crippen LogP contribution in [-0.2, 0) is 11.3 Å². The standard InChI is InChI=1S/C12H16F2N2O2/c1-3-16(7-11(17)15-2)6-8-4-9(13)12(18)10(14)5-8/h4-5,18H,3,6-7H2,1-2H3,(H,15,17). The maximum Gasteiger partial charge on any atom is 0.233 e. The lowest BCUT2D eigenvalue weighted by molar-refractivity contribution is -0.121. The molecule has 2 N–H and O–H groups in total. The molecule has 0 aliphatic rings. The van der Waals surface area contributed by atoms with E-state index in [4.69, 9.17) is 5.11 Å². The van der Waals surface area contributed by atoms with Crippen LogP contribution in [0, 0.1) is 11.6 Å². The molecule has 0 heterocycles. The van der Waals surface area contributed by atoms with Crippen molar-refractivity contribution in [3.05, 3.63) is 29.3 Å². The van der Waals surface area contributed by atoms with Gasteiger partial charge in [-0.3, -0.25) is 9.69 Å². The van der Waals surface area contributed by atoms with Crippen molar-refractivity contribution in [2.75, 3.05) is 20.1 Å². The Morgan fingerprint density at radius 1 is 1.39 bits per heavy atom. The minimum atomic E-state index is -0.999. The van der Waals surface area contributed by atoms with Crippen LogP contribution >= 0.6 is 0 Å². The van der Waals surface area contributed by atoms with Gasteiger partial charge in [-0.05, 0) is 24.2 Å². The van der Waals surface area contributed by atoms with Gasteiger partial charge in [-0.15, -0.1) is 0 Å². The van der Waals surface area contributed by atoms with Crippen LogP contribution in [0.15, 0.2) is 12.1 Å². The summed E-state index contributed by atoms with van der Waals surface area (Å²) in [7, 11) is 1.52. The molecular weight excluding hydrogens is 242 g/mol. The molecule has 1 aromatic carbocycles. The minimum Gasteiger partial charge on any atom is -0.503 e. The van der Waals surface area contributed by atoms with Gasteiger partial charge in [-0.1, -0.05) is 6.92 Å². The summed E-state index contributed by atoms with van der Waals surface area (Å²) < 4.78 is 26.3. The zero-order chi connectivity index (χ0) is 13.7. The van der Waals surface area contributed by atoms with Crippen molar-refractivity contribution in [1.29, 1.82) is 0 Å². The molecule has 0 radical (unpaired) electrons. The van der Waals surface area contributed by atoms with E-state index in [2.05, 4.69) is 5.32 Å². The van der Waals surface area contributed by atoms with Crippen LogP contribution in [0.1, 0.15) is 12.5 Å². The Morgan fingerprint density at radius 2 is 1.94 bits per heavy atom. The third-order valence-electron chi connectivity index (χ3n) is 2.58. The van der Waals surface area contributed by atoms with Crippen LogP contribution < -0.4 is 5.32 Å². The van der Waals surface area contributed by atoms with Crippen LogP contribution in [0.4, 0.5) is 8.78 Å². The molecule has 0 atom stereocenters. The monoisotopic (exact) mass is 258 g/mol. The molecule has 0 aromatic heterocycles. The molecule has 6 heteroatoms. The summed E-state index contributed by atoms with van der Waals surface area (Å²) in [5.74, 6) is -3.15. The van der Waals surface area contributed by atoms with E-state index in [9.17, 15) is 13.6 Å². The van der Waals surface area contributed by atoms with E-state index in [0.29, 0.717) is 12.1 Å². The Balaban J connectivity index is 2.79. The van der Waals surface area contributed by atoms with Crippen molar-refractivity contribution in [2.45, 2.75) is 13.5 Å². The number of likely N-dealkylation sites (N-methyl/N-ethyl adjacent to an activating group) is 2. The van der Waals surface area contributed by atoms with E-state index in [1.54, 1.807) is 4.90 Å². The van der Waals surface area contributed by atoms with Crippen LogP contribution in [-0.4, -0.2) is 36.1 Å². The Bertz CT molecular complexity index is 415. The van der Waals surface area contributed by atoms with Gasteiger partial charge in [0.2, 0.25) is 5.91 Å². The molecular formula is C12H16F2N2O2. The zero-order valence-electron chi connectivity index (χ0n) is 10.3.